The number of ether oxygens (including phenoxy) is 1. The van der Waals surface area contributed by atoms with Crippen LogP contribution in [-0.4, -0.2) is 38.0 Å². The number of aryl methyl sites for hydroxylation is 1. The standard InChI is InChI=1S/C19H18FN7O2/c1-26-9-7-22-18(26)17-14(6-10-29-17)23-19(28)24-16-5-8-27(25-16)15-4-2-3-13(20)12(15)11-21/h2-5,7-9,14,17H,6,10H2,1H3,(H2,23,24,25,28)/t14-,17-/m1/s1. The second kappa shape index (κ2) is 7.73. The van der Waals surface area contributed by atoms with E-state index in [1.807, 2.05) is 23.9 Å². The predicted molar refractivity (Wildman–Crippen MR) is 101 cm³/mol. The zero-order valence-corrected chi connectivity index (χ0v) is 15.5. The average molecular weight is 395 g/mol. The van der Waals surface area contributed by atoms with Gasteiger partial charge < -0.3 is 14.6 Å². The second-order valence-corrected chi connectivity index (χ2v) is 6.57. The molecule has 0 bridgehead atoms. The molecular formula is C19H18FN7O2. The molecule has 1 aromatic carbocycles. The number of rotatable bonds is 4. The van der Waals surface area contributed by atoms with Crippen LogP contribution in [0.2, 0.25) is 0 Å². The van der Waals surface area contributed by atoms with Crippen molar-refractivity contribution in [1.82, 2.24) is 24.6 Å². The van der Waals surface area contributed by atoms with Crippen LogP contribution in [-0.2, 0) is 11.8 Å². The quantitative estimate of drug-likeness (QED) is 0.704. The lowest BCUT2D eigenvalue weighted by Gasteiger charge is -2.19. The molecule has 3 aromatic rings. The minimum absolute atomic E-state index is 0.118. The van der Waals surface area contributed by atoms with E-state index < -0.39 is 11.8 Å². The normalized spacial score (nSPS) is 18.4. The maximum absolute atomic E-state index is 13.8. The number of carbonyl (C=O) groups excluding carboxylic acids is 1. The molecule has 2 atom stereocenters. The number of nitrogens with one attached hydrogen (secondary N) is 2. The molecule has 0 saturated carbocycles. The largest absolute Gasteiger partial charge is 0.368 e. The summed E-state index contributed by atoms with van der Waals surface area (Å²) in [5, 5.41) is 18.9. The van der Waals surface area contributed by atoms with Crippen molar-refractivity contribution in [2.45, 2.75) is 18.6 Å². The molecule has 4 rings (SSSR count). The van der Waals surface area contributed by atoms with Crippen molar-refractivity contribution in [2.24, 2.45) is 7.05 Å². The number of urea groups is 1. The van der Waals surface area contributed by atoms with Gasteiger partial charge in [-0.15, -0.1) is 5.10 Å². The van der Waals surface area contributed by atoms with E-state index in [0.717, 1.165) is 5.82 Å². The van der Waals surface area contributed by atoms with Gasteiger partial charge in [-0.05, 0) is 18.6 Å². The molecule has 148 valence electrons. The highest BCUT2D eigenvalue weighted by Gasteiger charge is 2.33. The number of nitrogens with zero attached hydrogens (tertiary/aromatic N) is 5. The maximum atomic E-state index is 13.8. The van der Waals surface area contributed by atoms with Gasteiger partial charge in [0.15, 0.2) is 5.82 Å². The first-order chi connectivity index (χ1) is 14.1. The fourth-order valence-corrected chi connectivity index (χ4v) is 3.30. The summed E-state index contributed by atoms with van der Waals surface area (Å²) in [7, 11) is 1.87. The van der Waals surface area contributed by atoms with Crippen molar-refractivity contribution in [1.29, 1.82) is 5.26 Å². The molecule has 0 unspecified atom stereocenters. The molecule has 1 fully saturated rings. The van der Waals surface area contributed by atoms with E-state index in [4.69, 9.17) is 10.00 Å². The Balaban J connectivity index is 1.44. The highest BCUT2D eigenvalue weighted by atomic mass is 19.1. The Labute approximate surface area is 165 Å². The van der Waals surface area contributed by atoms with E-state index in [1.54, 1.807) is 24.5 Å². The van der Waals surface area contributed by atoms with Crippen LogP contribution in [0.25, 0.3) is 5.69 Å². The fraction of sp³-hybridized carbons (Fsp3) is 0.263. The number of hydrogen-bond acceptors (Lipinski definition) is 5. The molecule has 3 heterocycles. The van der Waals surface area contributed by atoms with Gasteiger partial charge in [-0.2, -0.15) is 5.26 Å². The average Bonchev–Trinajstić information content (AvgIpc) is 3.43. The van der Waals surface area contributed by atoms with Crippen LogP contribution in [0.1, 0.15) is 23.9 Å². The highest BCUT2D eigenvalue weighted by Crippen LogP contribution is 2.27. The van der Waals surface area contributed by atoms with Crippen molar-refractivity contribution in [3.8, 4) is 11.8 Å². The van der Waals surface area contributed by atoms with Crippen LogP contribution >= 0.6 is 0 Å². The van der Waals surface area contributed by atoms with Crippen LogP contribution in [0.5, 0.6) is 0 Å². The lowest BCUT2D eigenvalue weighted by Crippen LogP contribution is -2.40. The summed E-state index contributed by atoms with van der Waals surface area (Å²) < 4.78 is 22.7. The molecule has 0 spiro atoms. The van der Waals surface area contributed by atoms with Crippen molar-refractivity contribution >= 4 is 11.8 Å². The predicted octanol–water partition coefficient (Wildman–Crippen LogP) is 2.27. The van der Waals surface area contributed by atoms with E-state index in [-0.39, 0.29) is 23.5 Å². The van der Waals surface area contributed by atoms with E-state index in [2.05, 4.69) is 20.7 Å². The number of aromatic nitrogens is 4. The molecule has 2 aromatic heterocycles. The number of halogens is 1. The number of nitriles is 1. The van der Waals surface area contributed by atoms with Gasteiger partial charge in [0.25, 0.3) is 0 Å². The Morgan fingerprint density at radius 3 is 3.00 bits per heavy atom. The molecule has 2 amide bonds. The van der Waals surface area contributed by atoms with E-state index >= 15 is 0 Å². The Morgan fingerprint density at radius 2 is 2.24 bits per heavy atom. The van der Waals surface area contributed by atoms with Crippen LogP contribution in [0.4, 0.5) is 15.0 Å². The molecule has 0 radical (unpaired) electrons. The van der Waals surface area contributed by atoms with Gasteiger partial charge in [0, 0.05) is 38.3 Å². The zero-order valence-electron chi connectivity index (χ0n) is 15.5. The number of carbonyl (C=O) groups is 1. The van der Waals surface area contributed by atoms with E-state index in [1.165, 1.54) is 16.8 Å². The van der Waals surface area contributed by atoms with Gasteiger partial charge in [0.2, 0.25) is 0 Å². The van der Waals surface area contributed by atoms with Gasteiger partial charge in [-0.3, -0.25) is 5.32 Å². The van der Waals surface area contributed by atoms with Crippen molar-refractivity contribution in [3.05, 3.63) is 60.1 Å². The monoisotopic (exact) mass is 395 g/mol. The second-order valence-electron chi connectivity index (χ2n) is 6.57. The summed E-state index contributed by atoms with van der Waals surface area (Å²) in [5.74, 6) is 0.379. The highest BCUT2D eigenvalue weighted by molar-refractivity contribution is 5.88. The van der Waals surface area contributed by atoms with E-state index in [0.29, 0.717) is 18.7 Å². The Kier molecular flexibility index (Phi) is 4.97. The summed E-state index contributed by atoms with van der Waals surface area (Å²) >= 11 is 0. The van der Waals surface area contributed by atoms with Crippen LogP contribution in [0, 0.1) is 17.1 Å². The third-order valence-electron chi connectivity index (χ3n) is 4.70. The third kappa shape index (κ3) is 3.68. The number of benzene rings is 1. The van der Waals surface area contributed by atoms with Crippen molar-refractivity contribution in [2.75, 3.05) is 11.9 Å². The lowest BCUT2D eigenvalue weighted by atomic mass is 10.1. The summed E-state index contributed by atoms with van der Waals surface area (Å²) in [4.78, 5) is 16.7. The fourth-order valence-electron chi connectivity index (χ4n) is 3.30. The van der Waals surface area contributed by atoms with Gasteiger partial charge >= 0.3 is 6.03 Å². The van der Waals surface area contributed by atoms with Crippen LogP contribution < -0.4 is 10.6 Å². The number of amides is 2. The third-order valence-corrected chi connectivity index (χ3v) is 4.70. The van der Waals surface area contributed by atoms with Gasteiger partial charge in [0.05, 0.1) is 11.7 Å². The van der Waals surface area contributed by atoms with Crippen molar-refractivity contribution in [3.63, 3.8) is 0 Å². The molecule has 0 aliphatic carbocycles. The van der Waals surface area contributed by atoms with Crippen LogP contribution in [0.15, 0.2) is 42.9 Å². The summed E-state index contributed by atoms with van der Waals surface area (Å²) in [6, 6.07) is 6.99. The minimum Gasteiger partial charge on any atom is -0.368 e. The van der Waals surface area contributed by atoms with Gasteiger partial charge in [-0.1, -0.05) is 6.07 Å². The Morgan fingerprint density at radius 1 is 1.38 bits per heavy atom. The molecular weight excluding hydrogens is 377 g/mol. The first-order valence-corrected chi connectivity index (χ1v) is 8.98. The molecule has 9 nitrogen and oxygen atoms in total. The lowest BCUT2D eigenvalue weighted by molar-refractivity contribution is 0.0913. The Bertz CT molecular complexity index is 1080. The van der Waals surface area contributed by atoms with Crippen LogP contribution in [0.3, 0.4) is 0 Å². The zero-order chi connectivity index (χ0) is 20.4. The molecule has 1 aliphatic rings. The van der Waals surface area contributed by atoms with Gasteiger partial charge in [-0.25, -0.2) is 18.9 Å². The summed E-state index contributed by atoms with van der Waals surface area (Å²) in [5.41, 5.74) is 0.174. The first-order valence-electron chi connectivity index (χ1n) is 8.98. The molecule has 10 heteroatoms. The molecule has 2 N–H and O–H groups in total. The Hall–Kier alpha value is -3.71. The van der Waals surface area contributed by atoms with E-state index in [9.17, 15) is 9.18 Å². The van der Waals surface area contributed by atoms with Crippen molar-refractivity contribution < 1.29 is 13.9 Å². The minimum atomic E-state index is -0.630. The summed E-state index contributed by atoms with van der Waals surface area (Å²) in [6.45, 7) is 0.521. The molecule has 29 heavy (non-hydrogen) atoms. The SMILES string of the molecule is Cn1ccnc1[C@@H]1OCC[C@H]1NC(=O)Nc1ccn(-c2cccc(F)c2C#N)n1. The number of hydrogen-bond donors (Lipinski definition) is 2. The first kappa shape index (κ1) is 18.6. The molecule has 1 saturated heterocycles. The number of imidazole rings is 1. The maximum Gasteiger partial charge on any atom is 0.320 e. The summed E-state index contributed by atoms with van der Waals surface area (Å²) in [6.07, 6.45) is 5.38. The smallest absolute Gasteiger partial charge is 0.320 e. The number of anilines is 1. The topological polar surface area (TPSA) is 110 Å². The van der Waals surface area contributed by atoms with Gasteiger partial charge in [0.1, 0.15) is 29.4 Å². The molecule has 1 aliphatic heterocycles.